The van der Waals surface area contributed by atoms with E-state index in [9.17, 15) is 0 Å². The minimum absolute atomic E-state index is 0.566. The maximum Gasteiger partial charge on any atom is 0.238 e. The van der Waals surface area contributed by atoms with Gasteiger partial charge in [-0.1, -0.05) is 133 Å². The topological polar surface area (TPSA) is 61.4 Å². The van der Waals surface area contributed by atoms with Crippen LogP contribution in [0.3, 0.4) is 0 Å². The molecule has 244 valence electrons. The third kappa shape index (κ3) is 4.96. The van der Waals surface area contributed by atoms with Gasteiger partial charge in [-0.25, -0.2) is 9.97 Å². The second-order valence-electron chi connectivity index (χ2n) is 12.7. The molecule has 0 spiro atoms. The summed E-state index contributed by atoms with van der Waals surface area (Å²) in [6, 6.07) is 62.6. The van der Waals surface area contributed by atoms with E-state index in [1.165, 1.54) is 0 Å². The summed E-state index contributed by atoms with van der Waals surface area (Å²) in [5.74, 6) is 2.66. The molecule has 0 saturated carbocycles. The lowest BCUT2D eigenvalue weighted by Gasteiger charge is -2.14. The van der Waals surface area contributed by atoms with Gasteiger partial charge >= 0.3 is 0 Å². The van der Waals surface area contributed by atoms with Crippen molar-refractivity contribution >= 4 is 32.8 Å². The van der Waals surface area contributed by atoms with E-state index in [2.05, 4.69) is 155 Å². The van der Waals surface area contributed by atoms with Crippen LogP contribution in [0.5, 0.6) is 0 Å². The van der Waals surface area contributed by atoms with E-state index in [0.717, 1.165) is 72.2 Å². The van der Waals surface area contributed by atoms with Crippen LogP contribution in [0.4, 0.5) is 0 Å². The first-order valence-electron chi connectivity index (χ1n) is 17.3. The summed E-state index contributed by atoms with van der Waals surface area (Å²) < 4.78 is 4.37. The van der Waals surface area contributed by atoms with Gasteiger partial charge in [0.1, 0.15) is 5.82 Å². The monoisotopic (exact) mass is 666 g/mol. The molecule has 0 amide bonds. The first-order chi connectivity index (χ1) is 25.8. The Morgan fingerprint density at radius 3 is 1.56 bits per heavy atom. The van der Waals surface area contributed by atoms with Crippen LogP contribution in [0.2, 0.25) is 0 Å². The molecule has 3 heterocycles. The summed E-state index contributed by atoms with van der Waals surface area (Å²) >= 11 is 0. The summed E-state index contributed by atoms with van der Waals surface area (Å²) in [5.41, 5.74) is 10.1. The lowest BCUT2D eigenvalue weighted by Crippen LogP contribution is -2.07. The fraction of sp³-hybridized carbons (Fsp3) is 0. The van der Waals surface area contributed by atoms with Crippen LogP contribution in [-0.2, 0) is 0 Å². The maximum atomic E-state index is 5.22. The molecule has 0 aliphatic heterocycles. The molecule has 7 aromatic carbocycles. The lowest BCUT2D eigenvalue weighted by molar-refractivity contribution is 0.953. The molecule has 0 aliphatic carbocycles. The lowest BCUT2D eigenvalue weighted by atomic mass is 9.99. The number of hydrogen-bond acceptors (Lipinski definition) is 4. The van der Waals surface area contributed by atoms with Crippen molar-refractivity contribution in [3.05, 3.63) is 182 Å². The van der Waals surface area contributed by atoms with E-state index >= 15 is 0 Å². The summed E-state index contributed by atoms with van der Waals surface area (Å²) in [6.07, 6.45) is 0. The zero-order valence-electron chi connectivity index (χ0n) is 28.0. The van der Waals surface area contributed by atoms with Crippen molar-refractivity contribution in [2.45, 2.75) is 0 Å². The molecule has 6 heteroatoms. The van der Waals surface area contributed by atoms with E-state index in [0.29, 0.717) is 17.6 Å². The van der Waals surface area contributed by atoms with E-state index in [-0.39, 0.29) is 0 Å². The Kier molecular flexibility index (Phi) is 7.03. The normalized spacial score (nSPS) is 11.5. The highest BCUT2D eigenvalue weighted by Gasteiger charge is 2.20. The molecular weight excluding hydrogens is 637 g/mol. The summed E-state index contributed by atoms with van der Waals surface area (Å²) in [4.78, 5) is 20.6. The van der Waals surface area contributed by atoms with Gasteiger partial charge in [0.2, 0.25) is 5.95 Å². The quantitative estimate of drug-likeness (QED) is 0.177. The van der Waals surface area contributed by atoms with Crippen LogP contribution in [0.1, 0.15) is 0 Å². The van der Waals surface area contributed by atoms with Gasteiger partial charge in [-0.15, -0.1) is 0 Å². The van der Waals surface area contributed by atoms with Gasteiger partial charge in [-0.3, -0.25) is 9.13 Å². The molecule has 52 heavy (non-hydrogen) atoms. The van der Waals surface area contributed by atoms with Crippen LogP contribution < -0.4 is 0 Å². The zero-order valence-corrected chi connectivity index (χ0v) is 28.0. The molecule has 0 atom stereocenters. The molecule has 0 fully saturated rings. The fourth-order valence-electron chi connectivity index (χ4n) is 7.23. The second kappa shape index (κ2) is 12.3. The van der Waals surface area contributed by atoms with Gasteiger partial charge in [0.05, 0.1) is 22.1 Å². The highest BCUT2D eigenvalue weighted by molar-refractivity contribution is 6.09. The molecule has 0 unspecified atom stereocenters. The van der Waals surface area contributed by atoms with E-state index in [1.54, 1.807) is 0 Å². The predicted molar refractivity (Wildman–Crippen MR) is 211 cm³/mol. The van der Waals surface area contributed by atoms with Crippen LogP contribution >= 0.6 is 0 Å². The number of para-hydroxylation sites is 4. The zero-order chi connectivity index (χ0) is 34.4. The molecule has 0 saturated heterocycles. The Morgan fingerprint density at radius 1 is 0.327 bits per heavy atom. The van der Waals surface area contributed by atoms with Crippen molar-refractivity contribution in [1.82, 2.24) is 29.1 Å². The Labute approximate surface area is 300 Å². The molecule has 0 radical (unpaired) electrons. The third-order valence-corrected chi connectivity index (χ3v) is 9.63. The number of fused-ring (bicyclic) bond motifs is 4. The highest BCUT2D eigenvalue weighted by Crippen LogP contribution is 2.35. The van der Waals surface area contributed by atoms with Crippen LogP contribution in [0.25, 0.3) is 89.8 Å². The minimum Gasteiger partial charge on any atom is -0.292 e. The minimum atomic E-state index is 0.566. The molecule has 0 N–H and O–H groups in total. The van der Waals surface area contributed by atoms with Crippen molar-refractivity contribution < 1.29 is 0 Å². The standard InChI is InChI=1S/C46H30N6/c1-3-15-31(16-4-1)35-19-7-8-22-38(35)44-48-43(49-46(50-44)52-40-24-12-9-20-36(40)37-21-10-13-25-41(37)52)32-27-29-34(30-28-32)51-42-26-14-11-23-39(42)47-45(51)33-17-5-2-6-18-33/h1-30H. The average molecular weight is 667 g/mol. The smallest absolute Gasteiger partial charge is 0.238 e. The van der Waals surface area contributed by atoms with Gasteiger partial charge in [-0.2, -0.15) is 9.97 Å². The first-order valence-corrected chi connectivity index (χ1v) is 17.3. The van der Waals surface area contributed by atoms with E-state index in [4.69, 9.17) is 19.9 Å². The molecule has 6 nitrogen and oxygen atoms in total. The number of nitrogens with zero attached hydrogens (tertiary/aromatic N) is 6. The number of rotatable bonds is 6. The SMILES string of the molecule is c1ccc(-c2ccccc2-c2nc(-c3ccc(-n4c(-c5ccccc5)nc5ccccc54)cc3)nc(-n3c4ccccc4c4ccccc43)n2)cc1. The first kappa shape index (κ1) is 29.7. The van der Waals surface area contributed by atoms with Gasteiger partial charge in [0.25, 0.3) is 0 Å². The molecule has 0 bridgehead atoms. The van der Waals surface area contributed by atoms with Crippen LogP contribution in [0.15, 0.2) is 182 Å². The molecule has 10 rings (SSSR count). The van der Waals surface area contributed by atoms with Crippen molar-refractivity contribution in [1.29, 1.82) is 0 Å². The second-order valence-corrected chi connectivity index (χ2v) is 12.7. The van der Waals surface area contributed by atoms with Crippen molar-refractivity contribution in [3.63, 3.8) is 0 Å². The number of aromatic nitrogens is 6. The van der Waals surface area contributed by atoms with Crippen LogP contribution in [0, 0.1) is 0 Å². The average Bonchev–Trinajstić information content (AvgIpc) is 3.78. The molecule has 10 aromatic rings. The maximum absolute atomic E-state index is 5.22. The van der Waals surface area contributed by atoms with Crippen LogP contribution in [-0.4, -0.2) is 29.1 Å². The number of benzene rings is 7. The third-order valence-electron chi connectivity index (χ3n) is 9.63. The number of hydrogen-bond donors (Lipinski definition) is 0. The van der Waals surface area contributed by atoms with E-state index < -0.39 is 0 Å². The van der Waals surface area contributed by atoms with E-state index in [1.807, 2.05) is 36.4 Å². The van der Waals surface area contributed by atoms with Gasteiger partial charge < -0.3 is 0 Å². The summed E-state index contributed by atoms with van der Waals surface area (Å²) in [7, 11) is 0. The molecule has 3 aromatic heterocycles. The molecule has 0 aliphatic rings. The Hall–Kier alpha value is -7.18. The Balaban J connectivity index is 1.18. The summed E-state index contributed by atoms with van der Waals surface area (Å²) in [6.45, 7) is 0. The fourth-order valence-corrected chi connectivity index (χ4v) is 7.23. The van der Waals surface area contributed by atoms with Gasteiger partial charge in [-0.05, 0) is 59.7 Å². The number of imidazole rings is 1. The Morgan fingerprint density at radius 2 is 0.865 bits per heavy atom. The highest BCUT2D eigenvalue weighted by atomic mass is 15.2. The van der Waals surface area contributed by atoms with Crippen molar-refractivity contribution in [3.8, 4) is 56.9 Å². The van der Waals surface area contributed by atoms with Crippen molar-refractivity contribution in [2.24, 2.45) is 0 Å². The Bertz CT molecular complexity index is 2840. The molecular formula is C46H30N6. The largest absolute Gasteiger partial charge is 0.292 e. The summed E-state index contributed by atoms with van der Waals surface area (Å²) in [5, 5.41) is 2.30. The van der Waals surface area contributed by atoms with Gasteiger partial charge in [0.15, 0.2) is 11.6 Å². The predicted octanol–water partition coefficient (Wildman–Crippen LogP) is 11.0. The van der Waals surface area contributed by atoms with Crippen molar-refractivity contribution in [2.75, 3.05) is 0 Å². The van der Waals surface area contributed by atoms with Gasteiger partial charge in [0, 0.05) is 33.2 Å².